The molecule has 0 saturated heterocycles. The van der Waals surface area contributed by atoms with E-state index in [2.05, 4.69) is 28.8 Å². The van der Waals surface area contributed by atoms with Crippen LogP contribution in [0.4, 0.5) is 0 Å². The van der Waals surface area contributed by atoms with E-state index in [9.17, 15) is 5.11 Å². The third kappa shape index (κ3) is 2.77. The van der Waals surface area contributed by atoms with Crippen LogP contribution in [0.2, 0.25) is 0 Å². The number of methoxy groups -OCH3 is 1. The van der Waals surface area contributed by atoms with Crippen molar-refractivity contribution in [2.45, 2.75) is 19.9 Å². The van der Waals surface area contributed by atoms with Gasteiger partial charge in [0.2, 0.25) is 10.8 Å². The zero-order chi connectivity index (χ0) is 16.4. The molecule has 3 rings (SSSR count). The zero-order valence-electron chi connectivity index (χ0n) is 13.4. The molecule has 1 N–H and O–H groups in total. The second-order valence-electron chi connectivity index (χ2n) is 5.14. The fourth-order valence-electron chi connectivity index (χ4n) is 2.78. The minimum absolute atomic E-state index is 0.0376. The van der Waals surface area contributed by atoms with Crippen LogP contribution in [0.25, 0.3) is 4.96 Å². The second kappa shape index (κ2) is 6.55. The van der Waals surface area contributed by atoms with Crippen molar-refractivity contribution in [3.8, 4) is 11.6 Å². The van der Waals surface area contributed by atoms with Crippen molar-refractivity contribution in [2.75, 3.05) is 20.2 Å². The van der Waals surface area contributed by atoms with Crippen LogP contribution in [-0.2, 0) is 0 Å². The van der Waals surface area contributed by atoms with Crippen LogP contribution in [0, 0.1) is 0 Å². The van der Waals surface area contributed by atoms with E-state index >= 15 is 0 Å². The monoisotopic (exact) mass is 332 g/mol. The highest BCUT2D eigenvalue weighted by molar-refractivity contribution is 7.17. The summed E-state index contributed by atoms with van der Waals surface area (Å²) in [5, 5.41) is 14.7. The zero-order valence-corrected chi connectivity index (χ0v) is 14.2. The molecule has 0 radical (unpaired) electrons. The number of ether oxygens (including phenoxy) is 1. The predicted octanol–water partition coefficient (Wildman–Crippen LogP) is 2.94. The molecular weight excluding hydrogens is 312 g/mol. The van der Waals surface area contributed by atoms with Crippen molar-refractivity contribution in [1.29, 1.82) is 0 Å². The summed E-state index contributed by atoms with van der Waals surface area (Å²) in [6.07, 6.45) is 1.45. The average Bonchev–Trinajstić information content (AvgIpc) is 3.16. The van der Waals surface area contributed by atoms with Crippen molar-refractivity contribution in [2.24, 2.45) is 0 Å². The molecule has 23 heavy (non-hydrogen) atoms. The Kier molecular flexibility index (Phi) is 4.49. The first-order valence-electron chi connectivity index (χ1n) is 7.59. The summed E-state index contributed by atoms with van der Waals surface area (Å²) in [5.74, 6) is 0.981. The number of aromatic nitrogens is 3. The van der Waals surface area contributed by atoms with Crippen molar-refractivity contribution in [1.82, 2.24) is 19.5 Å². The Morgan fingerprint density at radius 3 is 2.52 bits per heavy atom. The van der Waals surface area contributed by atoms with Gasteiger partial charge in [-0.25, -0.2) is 4.98 Å². The molecule has 0 saturated carbocycles. The largest absolute Gasteiger partial charge is 0.497 e. The predicted molar refractivity (Wildman–Crippen MR) is 90.3 cm³/mol. The molecule has 0 fully saturated rings. The van der Waals surface area contributed by atoms with Gasteiger partial charge in [-0.05, 0) is 30.8 Å². The maximum Gasteiger partial charge on any atom is 0.230 e. The van der Waals surface area contributed by atoms with Crippen LogP contribution in [-0.4, -0.2) is 44.8 Å². The molecule has 6 nitrogen and oxygen atoms in total. The molecule has 122 valence electrons. The van der Waals surface area contributed by atoms with E-state index in [1.54, 1.807) is 7.11 Å². The molecule has 1 unspecified atom stereocenters. The minimum atomic E-state index is -0.0376. The summed E-state index contributed by atoms with van der Waals surface area (Å²) in [5.41, 5.74) is 1.11. The van der Waals surface area contributed by atoms with Crippen LogP contribution in [0.5, 0.6) is 11.6 Å². The molecule has 0 aliphatic rings. The topological polar surface area (TPSA) is 62.9 Å². The molecule has 0 amide bonds. The molecule has 1 aromatic carbocycles. The van der Waals surface area contributed by atoms with Gasteiger partial charge in [-0.1, -0.05) is 37.3 Å². The Balaban J connectivity index is 2.10. The van der Waals surface area contributed by atoms with Crippen LogP contribution in [0.3, 0.4) is 0 Å². The first-order chi connectivity index (χ1) is 11.2. The van der Waals surface area contributed by atoms with Crippen molar-refractivity contribution >= 4 is 16.3 Å². The molecule has 0 aliphatic heterocycles. The average molecular weight is 332 g/mol. The molecule has 7 heteroatoms. The first kappa shape index (κ1) is 15.8. The van der Waals surface area contributed by atoms with Crippen LogP contribution in [0.15, 0.2) is 30.6 Å². The molecule has 2 heterocycles. The van der Waals surface area contributed by atoms with E-state index in [4.69, 9.17) is 4.74 Å². The number of nitrogens with zero attached hydrogens (tertiary/aromatic N) is 4. The molecule has 3 aromatic rings. The van der Waals surface area contributed by atoms with Gasteiger partial charge in [-0.15, -0.1) is 0 Å². The van der Waals surface area contributed by atoms with Gasteiger partial charge < -0.3 is 9.84 Å². The molecule has 0 spiro atoms. The molecule has 1 atom stereocenters. The highest BCUT2D eigenvalue weighted by Crippen LogP contribution is 2.39. The van der Waals surface area contributed by atoms with Crippen molar-refractivity contribution < 1.29 is 9.84 Å². The van der Waals surface area contributed by atoms with Crippen LogP contribution in [0.1, 0.15) is 30.3 Å². The number of thiazole rings is 1. The molecule has 0 aliphatic carbocycles. The van der Waals surface area contributed by atoms with Gasteiger partial charge in [0.25, 0.3) is 0 Å². The minimum Gasteiger partial charge on any atom is -0.497 e. The summed E-state index contributed by atoms with van der Waals surface area (Å²) in [7, 11) is 1.66. The normalized spacial score (nSPS) is 12.9. The lowest BCUT2D eigenvalue weighted by Gasteiger charge is -2.29. The molecular formula is C16H20N4O2S. The fraction of sp³-hybridized carbons (Fsp3) is 0.375. The molecule has 0 bridgehead atoms. The Morgan fingerprint density at radius 1 is 1.26 bits per heavy atom. The van der Waals surface area contributed by atoms with Crippen LogP contribution >= 0.6 is 11.3 Å². The van der Waals surface area contributed by atoms with E-state index in [1.165, 1.54) is 22.2 Å². The van der Waals surface area contributed by atoms with Gasteiger partial charge in [0.1, 0.15) is 12.1 Å². The number of fused-ring (bicyclic) bond motifs is 1. The van der Waals surface area contributed by atoms with Crippen molar-refractivity contribution in [3.63, 3.8) is 0 Å². The highest BCUT2D eigenvalue weighted by atomic mass is 32.1. The van der Waals surface area contributed by atoms with Crippen LogP contribution < -0.4 is 4.74 Å². The number of benzene rings is 1. The summed E-state index contributed by atoms with van der Waals surface area (Å²) in [6, 6.07) is 7.93. The Hall–Kier alpha value is -2.12. The van der Waals surface area contributed by atoms with Gasteiger partial charge in [-0.3, -0.25) is 4.90 Å². The SMILES string of the molecule is CCN(CC)C(c1ccc(OC)cc1)c1sc2ncnn2c1O. The summed E-state index contributed by atoms with van der Waals surface area (Å²) >= 11 is 1.47. The van der Waals surface area contributed by atoms with Gasteiger partial charge in [0.15, 0.2) is 0 Å². The number of aromatic hydroxyl groups is 1. The maximum atomic E-state index is 10.6. The van der Waals surface area contributed by atoms with E-state index in [-0.39, 0.29) is 11.9 Å². The first-order valence-corrected chi connectivity index (χ1v) is 8.40. The third-order valence-electron chi connectivity index (χ3n) is 4.00. The highest BCUT2D eigenvalue weighted by Gasteiger charge is 2.27. The fourth-order valence-corrected chi connectivity index (χ4v) is 3.87. The quantitative estimate of drug-likeness (QED) is 0.752. The van der Waals surface area contributed by atoms with Crippen molar-refractivity contribution in [3.05, 3.63) is 41.0 Å². The third-order valence-corrected chi connectivity index (χ3v) is 5.08. The standard InChI is InChI=1S/C16H20N4O2S/c1-4-19(5-2)13(11-6-8-12(22-3)9-7-11)14-15(21)20-16(23-14)17-10-18-20/h6-10,13,21H,4-5H2,1-3H3. The van der Waals surface area contributed by atoms with E-state index in [1.807, 2.05) is 24.3 Å². The van der Waals surface area contributed by atoms with Gasteiger partial charge in [-0.2, -0.15) is 9.61 Å². The summed E-state index contributed by atoms with van der Waals surface area (Å²) in [4.78, 5) is 8.04. The lowest BCUT2D eigenvalue weighted by atomic mass is 10.0. The van der Waals surface area contributed by atoms with E-state index in [0.717, 1.165) is 29.3 Å². The lowest BCUT2D eigenvalue weighted by molar-refractivity contribution is 0.248. The Bertz CT molecular complexity index is 777. The number of rotatable bonds is 6. The smallest absolute Gasteiger partial charge is 0.230 e. The number of hydrogen-bond donors (Lipinski definition) is 1. The Labute approximate surface area is 139 Å². The van der Waals surface area contributed by atoms with Gasteiger partial charge >= 0.3 is 0 Å². The maximum absolute atomic E-state index is 10.6. The lowest BCUT2D eigenvalue weighted by Crippen LogP contribution is -2.28. The van der Waals surface area contributed by atoms with E-state index < -0.39 is 0 Å². The Morgan fingerprint density at radius 2 is 1.96 bits per heavy atom. The van der Waals surface area contributed by atoms with Gasteiger partial charge in [0, 0.05) is 0 Å². The summed E-state index contributed by atoms with van der Waals surface area (Å²) < 4.78 is 6.73. The second-order valence-corrected chi connectivity index (χ2v) is 6.15. The number of hydrogen-bond acceptors (Lipinski definition) is 6. The van der Waals surface area contributed by atoms with E-state index in [0.29, 0.717) is 4.96 Å². The molecule has 2 aromatic heterocycles. The van der Waals surface area contributed by atoms with Gasteiger partial charge in [0.05, 0.1) is 18.0 Å². The summed E-state index contributed by atoms with van der Waals surface area (Å²) in [6.45, 7) is 5.99.